The minimum absolute atomic E-state index is 0.275. The maximum Gasteiger partial charge on any atom is 0.0915 e. The van der Waals surface area contributed by atoms with E-state index in [1.165, 1.54) is 0 Å². The Morgan fingerprint density at radius 2 is 1.94 bits per heavy atom. The Balaban J connectivity index is 2.36. The van der Waals surface area contributed by atoms with Crippen LogP contribution in [0.4, 0.5) is 0 Å². The molecule has 0 radical (unpaired) electrons. The normalized spacial score (nSPS) is 30.4. The molecule has 0 heterocycles. The van der Waals surface area contributed by atoms with Gasteiger partial charge in [0.05, 0.1) is 11.7 Å². The Bertz CT molecular complexity index is 361. The largest absolute Gasteiger partial charge is 0.393 e. The first-order chi connectivity index (χ1) is 7.53. The van der Waals surface area contributed by atoms with Crippen LogP contribution in [-0.2, 0) is 5.60 Å². The van der Waals surface area contributed by atoms with Gasteiger partial charge in [0.2, 0.25) is 0 Å². The molecule has 1 aromatic carbocycles. The molecule has 1 saturated carbocycles. The molecule has 1 fully saturated rings. The molecule has 0 bridgehead atoms. The molecule has 1 aliphatic rings. The highest BCUT2D eigenvalue weighted by Gasteiger charge is 2.36. The zero-order valence-electron chi connectivity index (χ0n) is 9.41. The lowest BCUT2D eigenvalue weighted by molar-refractivity contribution is -0.0364. The summed E-state index contributed by atoms with van der Waals surface area (Å²) in [5, 5.41) is 20.7. The van der Waals surface area contributed by atoms with Crippen molar-refractivity contribution in [3.8, 4) is 0 Å². The molecule has 0 amide bonds. The zero-order chi connectivity index (χ0) is 11.8. The summed E-state index contributed by atoms with van der Waals surface area (Å²) in [6.45, 7) is 1.96. The lowest BCUT2D eigenvalue weighted by Gasteiger charge is -2.36. The van der Waals surface area contributed by atoms with Crippen LogP contribution in [0.1, 0.15) is 36.8 Å². The summed E-state index contributed by atoms with van der Waals surface area (Å²) in [7, 11) is 0. The van der Waals surface area contributed by atoms with Crippen molar-refractivity contribution in [1.29, 1.82) is 0 Å². The number of hydrogen-bond acceptors (Lipinski definition) is 2. The van der Waals surface area contributed by atoms with Crippen molar-refractivity contribution in [2.45, 2.75) is 44.3 Å². The predicted octanol–water partition coefficient (Wildman–Crippen LogP) is 2.77. The highest BCUT2D eigenvalue weighted by Crippen LogP contribution is 2.41. The van der Waals surface area contributed by atoms with Crippen molar-refractivity contribution in [3.05, 3.63) is 34.3 Å². The molecule has 0 atom stereocenters. The van der Waals surface area contributed by atoms with E-state index in [0.717, 1.165) is 11.1 Å². The Kier molecular flexibility index (Phi) is 3.24. The SMILES string of the molecule is Cc1cccc(Cl)c1C1(O)CCC(O)CC1. The average molecular weight is 241 g/mol. The topological polar surface area (TPSA) is 40.5 Å². The molecule has 0 saturated heterocycles. The van der Waals surface area contributed by atoms with Crippen LogP contribution >= 0.6 is 11.6 Å². The monoisotopic (exact) mass is 240 g/mol. The van der Waals surface area contributed by atoms with Gasteiger partial charge in [0.1, 0.15) is 0 Å². The van der Waals surface area contributed by atoms with Crippen LogP contribution in [0.15, 0.2) is 18.2 Å². The van der Waals surface area contributed by atoms with Gasteiger partial charge in [-0.2, -0.15) is 0 Å². The second-order valence-corrected chi connectivity index (χ2v) is 5.10. The molecule has 2 nitrogen and oxygen atoms in total. The van der Waals surface area contributed by atoms with E-state index >= 15 is 0 Å². The average Bonchev–Trinajstić information content (AvgIpc) is 2.23. The van der Waals surface area contributed by atoms with E-state index in [-0.39, 0.29) is 6.10 Å². The molecule has 0 unspecified atom stereocenters. The van der Waals surface area contributed by atoms with Gasteiger partial charge < -0.3 is 10.2 Å². The van der Waals surface area contributed by atoms with Crippen LogP contribution < -0.4 is 0 Å². The van der Waals surface area contributed by atoms with Crippen LogP contribution in [0.3, 0.4) is 0 Å². The molecule has 3 heteroatoms. The molecule has 88 valence electrons. The number of aliphatic hydroxyl groups excluding tert-OH is 1. The maximum atomic E-state index is 10.6. The first-order valence-corrected chi connectivity index (χ1v) is 6.07. The second kappa shape index (κ2) is 4.36. The van der Waals surface area contributed by atoms with Gasteiger partial charge in [-0.3, -0.25) is 0 Å². The molecule has 2 N–H and O–H groups in total. The number of benzene rings is 1. The van der Waals surface area contributed by atoms with Crippen LogP contribution in [0.2, 0.25) is 5.02 Å². The van der Waals surface area contributed by atoms with Crippen molar-refractivity contribution in [2.24, 2.45) is 0 Å². The minimum Gasteiger partial charge on any atom is -0.393 e. The van der Waals surface area contributed by atoms with Crippen molar-refractivity contribution >= 4 is 11.6 Å². The molecule has 0 aromatic heterocycles. The van der Waals surface area contributed by atoms with E-state index in [2.05, 4.69) is 0 Å². The summed E-state index contributed by atoms with van der Waals surface area (Å²) in [5.41, 5.74) is 0.997. The van der Waals surface area contributed by atoms with E-state index in [1.807, 2.05) is 25.1 Å². The predicted molar refractivity (Wildman–Crippen MR) is 64.6 cm³/mol. The van der Waals surface area contributed by atoms with Gasteiger partial charge in [-0.1, -0.05) is 23.7 Å². The minimum atomic E-state index is -0.859. The van der Waals surface area contributed by atoms with Gasteiger partial charge in [0.25, 0.3) is 0 Å². The standard InChI is InChI=1S/C13H17ClO2/c1-9-3-2-4-11(14)12(9)13(16)7-5-10(15)6-8-13/h2-4,10,15-16H,5-8H2,1H3. The van der Waals surface area contributed by atoms with Crippen molar-refractivity contribution in [3.63, 3.8) is 0 Å². The van der Waals surface area contributed by atoms with Gasteiger partial charge >= 0.3 is 0 Å². The quantitative estimate of drug-likeness (QED) is 0.793. The molecular weight excluding hydrogens is 224 g/mol. The van der Waals surface area contributed by atoms with Crippen molar-refractivity contribution in [1.82, 2.24) is 0 Å². The van der Waals surface area contributed by atoms with Gasteiger partial charge in [0.15, 0.2) is 0 Å². The first-order valence-electron chi connectivity index (χ1n) is 5.69. The molecule has 16 heavy (non-hydrogen) atoms. The zero-order valence-corrected chi connectivity index (χ0v) is 10.2. The summed E-state index contributed by atoms with van der Waals surface area (Å²) < 4.78 is 0. The Labute approximate surface area is 101 Å². The Morgan fingerprint density at radius 3 is 2.50 bits per heavy atom. The number of aryl methyl sites for hydroxylation is 1. The van der Waals surface area contributed by atoms with Crippen LogP contribution in [-0.4, -0.2) is 16.3 Å². The maximum absolute atomic E-state index is 10.6. The summed E-state index contributed by atoms with van der Waals surface area (Å²) in [4.78, 5) is 0. The summed E-state index contributed by atoms with van der Waals surface area (Å²) >= 11 is 6.17. The molecule has 1 aromatic rings. The highest BCUT2D eigenvalue weighted by molar-refractivity contribution is 6.31. The highest BCUT2D eigenvalue weighted by atomic mass is 35.5. The molecule has 0 aliphatic heterocycles. The number of aliphatic hydroxyl groups is 2. The third kappa shape index (κ3) is 2.10. The van der Waals surface area contributed by atoms with E-state index < -0.39 is 5.60 Å². The Morgan fingerprint density at radius 1 is 1.31 bits per heavy atom. The van der Waals surface area contributed by atoms with E-state index in [4.69, 9.17) is 11.6 Å². The Hall–Kier alpha value is -0.570. The van der Waals surface area contributed by atoms with Gasteiger partial charge in [-0.15, -0.1) is 0 Å². The van der Waals surface area contributed by atoms with Crippen LogP contribution in [0.25, 0.3) is 0 Å². The molecule has 0 spiro atoms. The lowest BCUT2D eigenvalue weighted by atomic mass is 9.77. The fraction of sp³-hybridized carbons (Fsp3) is 0.538. The number of halogens is 1. The van der Waals surface area contributed by atoms with E-state index in [0.29, 0.717) is 30.7 Å². The van der Waals surface area contributed by atoms with Crippen molar-refractivity contribution in [2.75, 3.05) is 0 Å². The molecule has 1 aliphatic carbocycles. The summed E-state index contributed by atoms with van der Waals surface area (Å²) in [5.74, 6) is 0. The smallest absolute Gasteiger partial charge is 0.0915 e. The number of rotatable bonds is 1. The summed E-state index contributed by atoms with van der Waals surface area (Å²) in [6, 6.07) is 5.67. The van der Waals surface area contributed by atoms with E-state index in [1.54, 1.807) is 0 Å². The second-order valence-electron chi connectivity index (χ2n) is 4.69. The van der Waals surface area contributed by atoms with Gasteiger partial charge in [-0.05, 0) is 44.2 Å². The lowest BCUT2D eigenvalue weighted by Crippen LogP contribution is -2.34. The van der Waals surface area contributed by atoms with Gasteiger partial charge in [0, 0.05) is 10.6 Å². The van der Waals surface area contributed by atoms with Gasteiger partial charge in [-0.25, -0.2) is 0 Å². The third-order valence-corrected chi connectivity index (χ3v) is 3.78. The summed E-state index contributed by atoms with van der Waals surface area (Å²) in [6.07, 6.45) is 2.17. The fourth-order valence-electron chi connectivity index (χ4n) is 2.55. The van der Waals surface area contributed by atoms with Crippen LogP contribution in [0.5, 0.6) is 0 Å². The molecule has 2 rings (SSSR count). The van der Waals surface area contributed by atoms with Crippen molar-refractivity contribution < 1.29 is 10.2 Å². The number of hydrogen-bond donors (Lipinski definition) is 2. The molecular formula is C13H17ClO2. The van der Waals surface area contributed by atoms with Crippen LogP contribution in [0, 0.1) is 6.92 Å². The first kappa shape index (κ1) is 11.9. The fourth-order valence-corrected chi connectivity index (χ4v) is 2.95. The van der Waals surface area contributed by atoms with E-state index in [9.17, 15) is 10.2 Å². The third-order valence-electron chi connectivity index (χ3n) is 3.47.